The fourth-order valence-electron chi connectivity index (χ4n) is 3.49. The van der Waals surface area contributed by atoms with E-state index in [9.17, 15) is 35.1 Å². The van der Waals surface area contributed by atoms with Crippen molar-refractivity contribution in [3.05, 3.63) is 88.5 Å². The molecular weight excluding hydrogens is 488 g/mol. The first-order chi connectivity index (χ1) is 16.5. The third kappa shape index (κ3) is 5.10. The van der Waals surface area contributed by atoms with Gasteiger partial charge in [-0.3, -0.25) is 0 Å². The predicted octanol–water partition coefficient (Wildman–Crippen LogP) is 7.00. The van der Waals surface area contributed by atoms with Crippen LogP contribution in [0.5, 0.6) is 5.75 Å². The Kier molecular flexibility index (Phi) is 6.74. The summed E-state index contributed by atoms with van der Waals surface area (Å²) in [6, 6.07) is 3.96. The van der Waals surface area contributed by atoms with Gasteiger partial charge < -0.3 is 14.2 Å². The molecule has 1 aliphatic heterocycles. The van der Waals surface area contributed by atoms with Gasteiger partial charge in [-0.25, -0.2) is 26.3 Å². The summed E-state index contributed by atoms with van der Waals surface area (Å²) < 4.78 is 128. The first-order valence-electron chi connectivity index (χ1n) is 10.2. The molecule has 35 heavy (non-hydrogen) atoms. The number of alkyl halides is 2. The molecule has 4 rings (SSSR count). The Labute approximate surface area is 193 Å². The van der Waals surface area contributed by atoms with Crippen molar-refractivity contribution >= 4 is 0 Å². The van der Waals surface area contributed by atoms with Crippen molar-refractivity contribution < 1.29 is 49.3 Å². The molecule has 0 radical (unpaired) electrons. The molecule has 0 atom stereocenters. The molecule has 1 fully saturated rings. The van der Waals surface area contributed by atoms with E-state index in [1.54, 1.807) is 0 Å². The minimum absolute atomic E-state index is 0.112. The van der Waals surface area contributed by atoms with Crippen LogP contribution in [-0.4, -0.2) is 13.2 Å². The van der Waals surface area contributed by atoms with Crippen LogP contribution < -0.4 is 4.74 Å². The smallest absolute Gasteiger partial charge is 0.429 e. The van der Waals surface area contributed by atoms with E-state index in [2.05, 4.69) is 4.74 Å². The molecule has 0 aliphatic carbocycles. The first-order valence-corrected chi connectivity index (χ1v) is 10.2. The largest absolute Gasteiger partial charge is 0.429 e. The lowest BCUT2D eigenvalue weighted by Crippen LogP contribution is -2.26. The molecule has 0 N–H and O–H groups in total. The van der Waals surface area contributed by atoms with Crippen molar-refractivity contribution in [2.45, 2.75) is 19.3 Å². The minimum Gasteiger partial charge on any atom is -0.429 e. The summed E-state index contributed by atoms with van der Waals surface area (Å²) in [7, 11) is 0. The molecule has 1 saturated heterocycles. The number of halogens is 8. The zero-order chi connectivity index (χ0) is 25.5. The van der Waals surface area contributed by atoms with Crippen molar-refractivity contribution in [1.29, 1.82) is 0 Å². The van der Waals surface area contributed by atoms with Crippen LogP contribution in [0.25, 0.3) is 11.1 Å². The van der Waals surface area contributed by atoms with E-state index in [4.69, 9.17) is 9.47 Å². The maximum Gasteiger partial charge on any atom is 0.429 e. The minimum atomic E-state index is -4.36. The van der Waals surface area contributed by atoms with Gasteiger partial charge in [0.1, 0.15) is 23.2 Å². The maximum atomic E-state index is 14.7. The Morgan fingerprint density at radius 1 is 0.771 bits per heavy atom. The Bertz CT molecular complexity index is 1210. The van der Waals surface area contributed by atoms with E-state index in [1.807, 2.05) is 6.92 Å². The molecule has 1 aliphatic rings. The molecule has 186 valence electrons. The zero-order valence-corrected chi connectivity index (χ0v) is 17.9. The SMILES string of the molecule is CC1COC(c2ccc(C(F)(F)Oc3cc(F)c(-c4cc(F)c(F)c(F)c4)c(F)c3)c(F)c2)OC1. The second-order valence-corrected chi connectivity index (χ2v) is 7.98. The van der Waals surface area contributed by atoms with Crippen LogP contribution >= 0.6 is 0 Å². The second kappa shape index (κ2) is 9.46. The molecule has 3 aromatic carbocycles. The van der Waals surface area contributed by atoms with Gasteiger partial charge in [-0.05, 0) is 29.8 Å². The summed E-state index contributed by atoms with van der Waals surface area (Å²) in [5.41, 5.74) is -2.79. The average Bonchev–Trinajstić information content (AvgIpc) is 2.77. The van der Waals surface area contributed by atoms with Gasteiger partial charge in [-0.2, -0.15) is 8.78 Å². The van der Waals surface area contributed by atoms with Crippen molar-refractivity contribution in [2.75, 3.05) is 13.2 Å². The Morgan fingerprint density at radius 2 is 1.34 bits per heavy atom. The molecule has 1 heterocycles. The van der Waals surface area contributed by atoms with Crippen LogP contribution in [0, 0.1) is 40.8 Å². The molecule has 3 aromatic rings. The van der Waals surface area contributed by atoms with E-state index in [-0.39, 0.29) is 11.5 Å². The predicted molar refractivity (Wildman–Crippen MR) is 106 cm³/mol. The Balaban J connectivity index is 1.59. The van der Waals surface area contributed by atoms with E-state index < -0.39 is 69.7 Å². The van der Waals surface area contributed by atoms with Crippen molar-refractivity contribution in [1.82, 2.24) is 0 Å². The topological polar surface area (TPSA) is 27.7 Å². The van der Waals surface area contributed by atoms with Crippen molar-refractivity contribution in [3.63, 3.8) is 0 Å². The van der Waals surface area contributed by atoms with Gasteiger partial charge in [0.25, 0.3) is 0 Å². The summed E-state index contributed by atoms with van der Waals surface area (Å²) in [4.78, 5) is 0. The third-order valence-corrected chi connectivity index (χ3v) is 5.18. The fourth-order valence-corrected chi connectivity index (χ4v) is 3.49. The number of rotatable bonds is 5. The van der Waals surface area contributed by atoms with Gasteiger partial charge in [-0.15, -0.1) is 0 Å². The monoisotopic (exact) mass is 504 g/mol. The normalized spacial score (nSPS) is 18.5. The van der Waals surface area contributed by atoms with Crippen molar-refractivity contribution in [2.24, 2.45) is 5.92 Å². The lowest BCUT2D eigenvalue weighted by Gasteiger charge is -2.28. The van der Waals surface area contributed by atoms with Crippen LogP contribution in [0.1, 0.15) is 24.3 Å². The van der Waals surface area contributed by atoms with Crippen LogP contribution in [-0.2, 0) is 15.6 Å². The maximum absolute atomic E-state index is 14.7. The van der Waals surface area contributed by atoms with Gasteiger partial charge in [0.05, 0.1) is 24.3 Å². The van der Waals surface area contributed by atoms with E-state index in [0.29, 0.717) is 37.5 Å². The zero-order valence-electron chi connectivity index (χ0n) is 17.9. The highest BCUT2D eigenvalue weighted by atomic mass is 19.3. The third-order valence-electron chi connectivity index (χ3n) is 5.18. The molecule has 0 aromatic heterocycles. The van der Waals surface area contributed by atoms with Crippen LogP contribution in [0.2, 0.25) is 0 Å². The number of hydrogen-bond acceptors (Lipinski definition) is 3. The van der Waals surface area contributed by atoms with Crippen LogP contribution in [0.15, 0.2) is 42.5 Å². The number of ether oxygens (including phenoxy) is 3. The standard InChI is InChI=1S/C24H16F8O3/c1-11-9-33-23(34-10-11)12-2-3-15(16(25)4-12)24(31,32)35-14-7-17(26)21(18(27)8-14)13-5-19(28)22(30)20(29)6-13/h2-8,11,23H,9-10H2,1H3. The fraction of sp³-hybridized carbons (Fsp3) is 0.250. The molecule has 0 saturated carbocycles. The van der Waals surface area contributed by atoms with Gasteiger partial charge >= 0.3 is 6.11 Å². The molecule has 0 spiro atoms. The molecule has 0 bridgehead atoms. The van der Waals surface area contributed by atoms with Crippen molar-refractivity contribution in [3.8, 4) is 16.9 Å². The quantitative estimate of drug-likeness (QED) is 0.277. The van der Waals surface area contributed by atoms with E-state index in [0.717, 1.165) is 18.2 Å². The Hall–Kier alpha value is -3.18. The summed E-state index contributed by atoms with van der Waals surface area (Å²) in [5.74, 6) is -10.6. The van der Waals surface area contributed by atoms with E-state index >= 15 is 0 Å². The van der Waals surface area contributed by atoms with Gasteiger partial charge in [-0.1, -0.05) is 13.0 Å². The summed E-state index contributed by atoms with van der Waals surface area (Å²) in [6.45, 7) is 2.53. The van der Waals surface area contributed by atoms with Crippen LogP contribution in [0.3, 0.4) is 0 Å². The highest BCUT2D eigenvalue weighted by Gasteiger charge is 2.39. The molecule has 0 unspecified atom stereocenters. The number of benzene rings is 3. The molecule has 0 amide bonds. The number of hydrogen-bond donors (Lipinski definition) is 0. The average molecular weight is 504 g/mol. The second-order valence-electron chi connectivity index (χ2n) is 7.98. The highest BCUT2D eigenvalue weighted by Crippen LogP contribution is 2.38. The van der Waals surface area contributed by atoms with E-state index in [1.165, 1.54) is 0 Å². The summed E-state index contributed by atoms with van der Waals surface area (Å²) in [5, 5.41) is 0. The first kappa shape index (κ1) is 24.9. The van der Waals surface area contributed by atoms with Crippen LogP contribution in [0.4, 0.5) is 35.1 Å². The molecular formula is C24H16F8O3. The lowest BCUT2D eigenvalue weighted by molar-refractivity contribution is -0.202. The van der Waals surface area contributed by atoms with Gasteiger partial charge in [0.15, 0.2) is 23.7 Å². The van der Waals surface area contributed by atoms with Gasteiger partial charge in [0.2, 0.25) is 0 Å². The van der Waals surface area contributed by atoms with Gasteiger partial charge in [0, 0.05) is 23.6 Å². The lowest BCUT2D eigenvalue weighted by atomic mass is 10.0. The molecule has 3 nitrogen and oxygen atoms in total. The summed E-state index contributed by atoms with van der Waals surface area (Å²) in [6.07, 6.45) is -5.30. The highest BCUT2D eigenvalue weighted by molar-refractivity contribution is 5.66. The Morgan fingerprint density at radius 3 is 1.89 bits per heavy atom. The molecule has 11 heteroatoms. The summed E-state index contributed by atoms with van der Waals surface area (Å²) >= 11 is 0.